The van der Waals surface area contributed by atoms with Crippen LogP contribution in [0.4, 0.5) is 0 Å². The molecule has 0 saturated carbocycles. The van der Waals surface area contributed by atoms with Gasteiger partial charge in [0, 0.05) is 17.2 Å². The molecule has 3 aromatic rings. The van der Waals surface area contributed by atoms with E-state index in [1.54, 1.807) is 18.2 Å². The van der Waals surface area contributed by atoms with Gasteiger partial charge in [-0.1, -0.05) is 28.1 Å². The third-order valence-corrected chi connectivity index (χ3v) is 6.64. The van der Waals surface area contributed by atoms with Gasteiger partial charge in [-0.2, -0.15) is 4.31 Å². The van der Waals surface area contributed by atoms with E-state index >= 15 is 0 Å². The van der Waals surface area contributed by atoms with Crippen LogP contribution in [0.3, 0.4) is 0 Å². The van der Waals surface area contributed by atoms with E-state index in [0.717, 1.165) is 23.0 Å². The first-order valence-corrected chi connectivity index (χ1v) is 9.88. The van der Waals surface area contributed by atoms with Crippen molar-refractivity contribution in [3.63, 3.8) is 0 Å². The molecule has 0 aliphatic carbocycles. The van der Waals surface area contributed by atoms with Crippen LogP contribution in [-0.4, -0.2) is 33.9 Å². The maximum absolute atomic E-state index is 13.1. The minimum Gasteiger partial charge on any atom is -0.285 e. The molecule has 0 unspecified atom stereocenters. The van der Waals surface area contributed by atoms with Gasteiger partial charge in [0.2, 0.25) is 10.0 Å². The Morgan fingerprint density at radius 2 is 2.00 bits per heavy atom. The molecule has 1 saturated heterocycles. The van der Waals surface area contributed by atoms with Gasteiger partial charge >= 0.3 is 0 Å². The summed E-state index contributed by atoms with van der Waals surface area (Å²) in [6.07, 6.45) is 3.41. The molecule has 1 aliphatic rings. The SMILES string of the molecule is O=S(=O)(c1cccc(Br)c1)N1CCC[C@@H]1c1nnc2ccccn12. The van der Waals surface area contributed by atoms with Crippen molar-refractivity contribution in [3.05, 3.63) is 59.0 Å². The van der Waals surface area contributed by atoms with Crippen LogP contribution in [0.5, 0.6) is 0 Å². The highest BCUT2D eigenvalue weighted by atomic mass is 79.9. The summed E-state index contributed by atoms with van der Waals surface area (Å²) in [4.78, 5) is 0.289. The van der Waals surface area contributed by atoms with E-state index in [0.29, 0.717) is 12.4 Å². The Bertz CT molecular complexity index is 1000. The van der Waals surface area contributed by atoms with E-state index in [-0.39, 0.29) is 10.9 Å². The molecule has 0 amide bonds. The van der Waals surface area contributed by atoms with Crippen LogP contribution in [0.1, 0.15) is 24.7 Å². The number of nitrogens with zero attached hydrogens (tertiary/aromatic N) is 4. The zero-order valence-electron chi connectivity index (χ0n) is 12.7. The zero-order valence-corrected chi connectivity index (χ0v) is 15.1. The first kappa shape index (κ1) is 15.7. The summed E-state index contributed by atoms with van der Waals surface area (Å²) in [6.45, 7) is 0.487. The van der Waals surface area contributed by atoms with Crippen molar-refractivity contribution < 1.29 is 8.42 Å². The summed E-state index contributed by atoms with van der Waals surface area (Å²) in [5.41, 5.74) is 0.721. The van der Waals surface area contributed by atoms with E-state index in [1.807, 2.05) is 34.9 Å². The van der Waals surface area contributed by atoms with Gasteiger partial charge < -0.3 is 0 Å². The lowest BCUT2D eigenvalue weighted by molar-refractivity contribution is 0.381. The highest BCUT2D eigenvalue weighted by molar-refractivity contribution is 9.10. The molecule has 3 heterocycles. The van der Waals surface area contributed by atoms with E-state index in [2.05, 4.69) is 26.1 Å². The number of halogens is 1. The third-order valence-electron chi connectivity index (χ3n) is 4.24. The third kappa shape index (κ3) is 2.54. The maximum Gasteiger partial charge on any atom is 0.243 e. The van der Waals surface area contributed by atoms with E-state index in [1.165, 1.54) is 4.31 Å². The molecule has 0 radical (unpaired) electrons. The Labute approximate surface area is 148 Å². The Morgan fingerprint density at radius 1 is 1.12 bits per heavy atom. The van der Waals surface area contributed by atoms with Gasteiger partial charge in [-0.3, -0.25) is 4.40 Å². The second kappa shape index (κ2) is 5.94. The van der Waals surface area contributed by atoms with E-state index < -0.39 is 10.0 Å². The average molecular weight is 407 g/mol. The van der Waals surface area contributed by atoms with Crippen LogP contribution in [0.2, 0.25) is 0 Å². The van der Waals surface area contributed by atoms with Crippen LogP contribution in [-0.2, 0) is 10.0 Å². The molecule has 124 valence electrons. The first-order chi connectivity index (χ1) is 11.6. The van der Waals surface area contributed by atoms with Gasteiger partial charge in [-0.25, -0.2) is 8.42 Å². The first-order valence-electron chi connectivity index (χ1n) is 7.64. The Kier molecular flexibility index (Phi) is 3.90. The van der Waals surface area contributed by atoms with Crippen molar-refractivity contribution in [1.82, 2.24) is 18.9 Å². The topological polar surface area (TPSA) is 67.6 Å². The molecule has 1 aromatic carbocycles. The summed E-state index contributed by atoms with van der Waals surface area (Å²) in [6, 6.07) is 12.1. The molecule has 1 aliphatic heterocycles. The Balaban J connectivity index is 1.78. The standard InChI is InChI=1S/C16H15BrN4O2S/c17-12-5-3-6-13(11-12)24(22,23)21-10-4-7-14(21)16-19-18-15-8-1-2-9-20(15)16/h1-3,5-6,8-9,11,14H,4,7,10H2/t14-/m1/s1. The average Bonchev–Trinajstić information content (AvgIpc) is 3.21. The molecule has 2 aromatic heterocycles. The lowest BCUT2D eigenvalue weighted by atomic mass is 10.2. The second-order valence-electron chi connectivity index (χ2n) is 5.72. The van der Waals surface area contributed by atoms with Crippen molar-refractivity contribution in [2.45, 2.75) is 23.8 Å². The Morgan fingerprint density at radius 3 is 2.83 bits per heavy atom. The highest BCUT2D eigenvalue weighted by Crippen LogP contribution is 2.36. The van der Waals surface area contributed by atoms with Gasteiger partial charge in [-0.15, -0.1) is 10.2 Å². The van der Waals surface area contributed by atoms with Gasteiger partial charge in [0.05, 0.1) is 10.9 Å². The summed E-state index contributed by atoms with van der Waals surface area (Å²) >= 11 is 3.34. The number of aromatic nitrogens is 3. The molecule has 0 bridgehead atoms. The molecular weight excluding hydrogens is 392 g/mol. The fourth-order valence-corrected chi connectivity index (χ4v) is 5.39. The fourth-order valence-electron chi connectivity index (χ4n) is 3.14. The van der Waals surface area contributed by atoms with Gasteiger partial charge in [0.1, 0.15) is 0 Å². The van der Waals surface area contributed by atoms with Crippen LogP contribution < -0.4 is 0 Å². The van der Waals surface area contributed by atoms with Crippen LogP contribution in [0.25, 0.3) is 5.65 Å². The van der Waals surface area contributed by atoms with Crippen LogP contribution >= 0.6 is 15.9 Å². The molecular formula is C16H15BrN4O2S. The molecule has 1 fully saturated rings. The smallest absolute Gasteiger partial charge is 0.243 e. The van der Waals surface area contributed by atoms with Crippen molar-refractivity contribution >= 4 is 31.6 Å². The molecule has 1 atom stereocenters. The van der Waals surface area contributed by atoms with Crippen LogP contribution in [0.15, 0.2) is 58.0 Å². The van der Waals surface area contributed by atoms with Crippen molar-refractivity contribution in [1.29, 1.82) is 0 Å². The second-order valence-corrected chi connectivity index (χ2v) is 8.52. The lowest BCUT2D eigenvalue weighted by Gasteiger charge is -2.23. The van der Waals surface area contributed by atoms with E-state index in [9.17, 15) is 8.42 Å². The van der Waals surface area contributed by atoms with Gasteiger partial charge in [-0.05, 0) is 43.2 Å². The summed E-state index contributed by atoms with van der Waals surface area (Å²) in [5, 5.41) is 8.40. The maximum atomic E-state index is 13.1. The lowest BCUT2D eigenvalue weighted by Crippen LogP contribution is -2.31. The highest BCUT2D eigenvalue weighted by Gasteiger charge is 2.38. The molecule has 0 spiro atoms. The van der Waals surface area contributed by atoms with Crippen LogP contribution in [0, 0.1) is 0 Å². The largest absolute Gasteiger partial charge is 0.285 e. The van der Waals surface area contributed by atoms with Crippen molar-refractivity contribution in [2.75, 3.05) is 6.54 Å². The van der Waals surface area contributed by atoms with Gasteiger partial charge in [0.25, 0.3) is 0 Å². The summed E-state index contributed by atoms with van der Waals surface area (Å²) < 4.78 is 30.3. The number of benzene rings is 1. The zero-order chi connectivity index (χ0) is 16.7. The van der Waals surface area contributed by atoms with Gasteiger partial charge in [0.15, 0.2) is 11.5 Å². The monoisotopic (exact) mass is 406 g/mol. The Hall–Kier alpha value is -1.77. The van der Waals surface area contributed by atoms with Crippen molar-refractivity contribution in [2.24, 2.45) is 0 Å². The normalized spacial score (nSPS) is 19.1. The number of pyridine rings is 1. The number of hydrogen-bond acceptors (Lipinski definition) is 4. The number of fused-ring (bicyclic) bond motifs is 1. The van der Waals surface area contributed by atoms with E-state index in [4.69, 9.17) is 0 Å². The summed E-state index contributed by atoms with van der Waals surface area (Å²) in [5.74, 6) is 0.668. The predicted octanol–water partition coefficient (Wildman–Crippen LogP) is 3.02. The molecule has 4 rings (SSSR count). The van der Waals surface area contributed by atoms with Crippen molar-refractivity contribution in [3.8, 4) is 0 Å². The quantitative estimate of drug-likeness (QED) is 0.670. The minimum atomic E-state index is -3.58. The molecule has 6 nitrogen and oxygen atoms in total. The molecule has 8 heteroatoms. The molecule has 0 N–H and O–H groups in total. The fraction of sp³-hybridized carbons (Fsp3) is 0.250. The number of sulfonamides is 1. The minimum absolute atomic E-state index is 0.289. The number of rotatable bonds is 3. The summed E-state index contributed by atoms with van der Waals surface area (Å²) in [7, 11) is -3.58. The predicted molar refractivity (Wildman–Crippen MR) is 93.0 cm³/mol. The molecule has 24 heavy (non-hydrogen) atoms. The number of hydrogen-bond donors (Lipinski definition) is 0.